The van der Waals surface area contributed by atoms with E-state index in [9.17, 15) is 63.3 Å². The molecule has 3 aromatic carbocycles. The molecule has 0 fully saturated rings. The first-order valence-electron chi connectivity index (χ1n) is 27.3. The van der Waals surface area contributed by atoms with Gasteiger partial charge in [0.25, 0.3) is 0 Å². The number of aromatic amines is 1. The minimum atomic E-state index is -1.75. The van der Waals surface area contributed by atoms with Gasteiger partial charge in [0, 0.05) is 37.6 Å². The zero-order chi connectivity index (χ0) is 60.5. The van der Waals surface area contributed by atoms with Gasteiger partial charge in [-0.3, -0.25) is 43.2 Å². The number of imidazole rings is 1. The summed E-state index contributed by atoms with van der Waals surface area (Å²) in [4.78, 5) is 143. The highest BCUT2D eigenvalue weighted by atomic mass is 16.4. The lowest BCUT2D eigenvalue weighted by Crippen LogP contribution is -2.62. The minimum absolute atomic E-state index is 0.0733. The molecule has 24 nitrogen and oxygen atoms in total. The Morgan fingerprint density at radius 2 is 0.927 bits per heavy atom. The fraction of sp³-hybridized carbons (Fsp3) is 0.466. The van der Waals surface area contributed by atoms with E-state index >= 15 is 0 Å². The third-order valence-electron chi connectivity index (χ3n) is 13.5. The molecule has 0 spiro atoms. The van der Waals surface area contributed by atoms with Gasteiger partial charge < -0.3 is 68.6 Å². The number of nitrogens with zero attached hydrogens (tertiary/aromatic N) is 1. The molecule has 14 N–H and O–H groups in total. The number of carbonyl (C=O) groups excluding carboxylic acids is 8. The average molecular weight is 1140 g/mol. The monoisotopic (exact) mass is 1140 g/mol. The summed E-state index contributed by atoms with van der Waals surface area (Å²) in [5.74, 6) is -10.8. The summed E-state index contributed by atoms with van der Waals surface area (Å²) in [6, 6.07) is 13.5. The van der Waals surface area contributed by atoms with Crippen molar-refractivity contribution in [1.82, 2.24) is 52.5 Å². The summed E-state index contributed by atoms with van der Waals surface area (Å²) in [5, 5.41) is 50.8. The molecule has 0 saturated heterocycles. The van der Waals surface area contributed by atoms with Crippen LogP contribution < -0.4 is 48.3 Å². The fourth-order valence-electron chi connectivity index (χ4n) is 8.69. The van der Waals surface area contributed by atoms with Crippen LogP contribution >= 0.6 is 0 Å². The van der Waals surface area contributed by atoms with Crippen molar-refractivity contribution in [2.75, 3.05) is 6.61 Å². The van der Waals surface area contributed by atoms with Crippen molar-refractivity contribution in [2.45, 2.75) is 147 Å². The number of carboxylic acids is 2. The number of nitrogens with one attached hydrogen (secondary N) is 9. The Labute approximate surface area is 476 Å². The van der Waals surface area contributed by atoms with Crippen molar-refractivity contribution >= 4 is 59.2 Å². The number of aliphatic hydroxyl groups is 1. The third-order valence-corrected chi connectivity index (χ3v) is 13.5. The van der Waals surface area contributed by atoms with Crippen LogP contribution in [0.15, 0.2) is 104 Å². The number of hydrogen-bond acceptors (Lipinski definition) is 13. The summed E-state index contributed by atoms with van der Waals surface area (Å²) in [5.41, 5.74) is 8.55. The number of benzene rings is 3. The molecule has 0 saturated carbocycles. The summed E-state index contributed by atoms with van der Waals surface area (Å²) < 4.78 is 0. The van der Waals surface area contributed by atoms with Gasteiger partial charge in [0.1, 0.15) is 48.3 Å². The van der Waals surface area contributed by atoms with E-state index in [2.05, 4.69) is 52.5 Å². The maximum atomic E-state index is 14.4. The lowest BCUT2D eigenvalue weighted by molar-refractivity contribution is -0.143. The minimum Gasteiger partial charge on any atom is -0.481 e. The molecule has 0 radical (unpaired) electrons. The van der Waals surface area contributed by atoms with Crippen LogP contribution in [0.2, 0.25) is 0 Å². The molecule has 24 heteroatoms. The van der Waals surface area contributed by atoms with Crippen LogP contribution in [-0.2, 0) is 73.6 Å². The highest BCUT2D eigenvalue weighted by molar-refractivity contribution is 5.98. The van der Waals surface area contributed by atoms with Crippen molar-refractivity contribution in [3.8, 4) is 0 Å². The lowest BCUT2D eigenvalue weighted by atomic mass is 9.96. The van der Waals surface area contributed by atoms with Gasteiger partial charge in [0.15, 0.2) is 0 Å². The van der Waals surface area contributed by atoms with Gasteiger partial charge in [-0.1, -0.05) is 139 Å². The average Bonchev–Trinajstić information content (AvgIpc) is 4.12. The van der Waals surface area contributed by atoms with Gasteiger partial charge >= 0.3 is 11.9 Å². The lowest BCUT2D eigenvalue weighted by Gasteiger charge is -2.30. The maximum absolute atomic E-state index is 14.4. The molecular weight excluding hydrogens is 1060 g/mol. The standard InChI is InChI=1S/C58H79N11O13/c1-7-35(6)49(69-50(73)40(59)26-36-17-11-8-12-18-36)57(80)62-41(23-24-47(71)72)51(74)68-48(34(4)5)56(79)65-43(28-38-21-15-10-16-22-38)53(76)67-46(31-70)55(78)64-44(29-39-30-60-32-61-39)54(77)63-42(27-37-19-13-9-14-20-37)52(75)66-45(58(81)82)25-33(2)3/h8-22,30,32-35,40-46,48-49,70H,7,23-29,31,59H2,1-6H3,(H,60,61)(H,62,80)(H,63,77)(H,64,78)(H,65,79)(H,66,75)(H,67,76)(H,68,74)(H,69,73)(H,71,72)(H,81,82)/t35-,40-,41-,42-,43-,44-,45-,46-,48-,49-/m0/s1. The number of rotatable bonds is 34. The fourth-order valence-corrected chi connectivity index (χ4v) is 8.69. The predicted octanol–water partition coefficient (Wildman–Crippen LogP) is 0.576. The second kappa shape index (κ2) is 33.3. The van der Waals surface area contributed by atoms with Crippen LogP contribution in [0.3, 0.4) is 0 Å². The van der Waals surface area contributed by atoms with Crippen LogP contribution in [0.5, 0.6) is 0 Å². The largest absolute Gasteiger partial charge is 0.481 e. The van der Waals surface area contributed by atoms with Gasteiger partial charge in [-0.25, -0.2) is 9.78 Å². The molecule has 1 aromatic heterocycles. The van der Waals surface area contributed by atoms with Gasteiger partial charge in [-0.15, -0.1) is 0 Å². The first-order chi connectivity index (χ1) is 39.0. The number of carboxylic acid groups (broad SMARTS) is 2. The summed E-state index contributed by atoms with van der Waals surface area (Å²) in [7, 11) is 0. The Kier molecular flexibility index (Phi) is 26.8. The highest BCUT2D eigenvalue weighted by Crippen LogP contribution is 2.14. The van der Waals surface area contributed by atoms with E-state index in [1.54, 1.807) is 126 Å². The SMILES string of the molecule is CC[C@H](C)[C@H](NC(=O)[C@@H](N)Cc1ccccc1)C(=O)N[C@@H](CCC(=O)O)C(=O)N[C@H](C(=O)N[C@@H](Cc1ccccc1)C(=O)N[C@@H](CO)C(=O)N[C@@H](Cc1cnc[nH]1)C(=O)N[C@@H](Cc1ccccc1)C(=O)N[C@@H](CC(C)C)C(=O)O)C(C)C. The molecule has 0 aliphatic rings. The van der Waals surface area contributed by atoms with Gasteiger partial charge in [-0.2, -0.15) is 0 Å². The first-order valence-corrected chi connectivity index (χ1v) is 27.3. The van der Waals surface area contributed by atoms with Crippen LogP contribution in [0.25, 0.3) is 0 Å². The molecule has 10 atom stereocenters. The van der Waals surface area contributed by atoms with Crippen molar-refractivity contribution in [1.29, 1.82) is 0 Å². The Bertz CT molecular complexity index is 2730. The number of aliphatic carboxylic acids is 2. The van der Waals surface area contributed by atoms with Crippen LogP contribution in [0.4, 0.5) is 0 Å². The number of amides is 8. The number of hydrogen-bond donors (Lipinski definition) is 13. The zero-order valence-corrected chi connectivity index (χ0v) is 47.1. The topological polar surface area (TPSA) is 382 Å². The quantitative estimate of drug-likeness (QED) is 0.0304. The Hall–Kier alpha value is -8.51. The molecule has 1 heterocycles. The molecule has 4 aromatic rings. The molecule has 0 bridgehead atoms. The molecule has 444 valence electrons. The molecule has 0 unspecified atom stereocenters. The van der Waals surface area contributed by atoms with E-state index in [1.807, 2.05) is 6.07 Å². The molecule has 4 rings (SSSR count). The summed E-state index contributed by atoms with van der Waals surface area (Å²) in [6.45, 7) is 9.24. The van der Waals surface area contributed by atoms with Gasteiger partial charge in [0.05, 0.1) is 19.0 Å². The van der Waals surface area contributed by atoms with Gasteiger partial charge in [-0.05, 0) is 53.7 Å². The Morgan fingerprint density at radius 3 is 1.37 bits per heavy atom. The molecule has 0 aliphatic carbocycles. The smallest absolute Gasteiger partial charge is 0.326 e. The van der Waals surface area contributed by atoms with E-state index in [4.69, 9.17) is 5.73 Å². The van der Waals surface area contributed by atoms with E-state index in [0.29, 0.717) is 23.2 Å². The van der Waals surface area contributed by atoms with E-state index in [1.165, 1.54) is 12.5 Å². The number of H-pyrrole nitrogens is 1. The van der Waals surface area contributed by atoms with E-state index in [-0.39, 0.29) is 38.0 Å². The molecule has 8 amide bonds. The van der Waals surface area contributed by atoms with Crippen LogP contribution in [0.1, 0.15) is 89.6 Å². The second-order valence-electron chi connectivity index (χ2n) is 21.0. The molecule has 82 heavy (non-hydrogen) atoms. The third kappa shape index (κ3) is 21.9. The van der Waals surface area contributed by atoms with Crippen LogP contribution in [-0.4, -0.2) is 145 Å². The van der Waals surface area contributed by atoms with Crippen molar-refractivity contribution in [3.05, 3.63) is 126 Å². The van der Waals surface area contributed by atoms with Crippen molar-refractivity contribution in [3.63, 3.8) is 0 Å². The Morgan fingerprint density at radius 1 is 0.512 bits per heavy atom. The van der Waals surface area contributed by atoms with Gasteiger partial charge in [0.2, 0.25) is 47.3 Å². The van der Waals surface area contributed by atoms with E-state index in [0.717, 1.165) is 5.56 Å². The number of nitrogens with two attached hydrogens (primary N) is 1. The summed E-state index contributed by atoms with van der Waals surface area (Å²) >= 11 is 0. The van der Waals surface area contributed by atoms with E-state index < -0.39 is 145 Å². The Balaban J connectivity index is 1.56. The number of carbonyl (C=O) groups is 10. The normalized spacial score (nSPS) is 14.9. The maximum Gasteiger partial charge on any atom is 0.326 e. The first kappa shape index (κ1) is 66.0. The number of aliphatic hydroxyl groups excluding tert-OH is 1. The predicted molar refractivity (Wildman–Crippen MR) is 301 cm³/mol. The highest BCUT2D eigenvalue weighted by Gasteiger charge is 2.37. The molecule has 0 aliphatic heterocycles. The molecular formula is C58H79N11O13. The summed E-state index contributed by atoms with van der Waals surface area (Å²) in [6.07, 6.45) is 1.92. The number of aromatic nitrogens is 2. The van der Waals surface area contributed by atoms with Crippen molar-refractivity contribution in [2.24, 2.45) is 23.5 Å². The van der Waals surface area contributed by atoms with Crippen LogP contribution in [0, 0.1) is 17.8 Å². The van der Waals surface area contributed by atoms with Crippen molar-refractivity contribution < 1.29 is 63.3 Å². The second-order valence-corrected chi connectivity index (χ2v) is 21.0. The zero-order valence-electron chi connectivity index (χ0n) is 47.1.